The number of benzene rings is 2. The van der Waals surface area contributed by atoms with E-state index in [2.05, 4.69) is 13.8 Å². The Balaban J connectivity index is 2.31. The zero-order valence-corrected chi connectivity index (χ0v) is 16.0. The van der Waals surface area contributed by atoms with E-state index in [1.165, 1.54) is 0 Å². The van der Waals surface area contributed by atoms with Crippen LogP contribution in [0.15, 0.2) is 48.0 Å². The van der Waals surface area contributed by atoms with Crippen LogP contribution in [-0.2, 0) is 0 Å². The summed E-state index contributed by atoms with van der Waals surface area (Å²) in [6, 6.07) is 13.9. The molecule has 2 rings (SSSR count). The first-order chi connectivity index (χ1) is 13.0. The summed E-state index contributed by atoms with van der Waals surface area (Å²) in [5.74, 6) is 1.85. The molecule has 5 heteroatoms. The van der Waals surface area contributed by atoms with Gasteiger partial charge in [0.2, 0.25) is 5.78 Å². The van der Waals surface area contributed by atoms with Crippen molar-refractivity contribution < 1.29 is 19.0 Å². The number of nitriles is 1. The van der Waals surface area contributed by atoms with Crippen LogP contribution in [0, 0.1) is 17.2 Å². The van der Waals surface area contributed by atoms with Crippen molar-refractivity contribution >= 4 is 11.9 Å². The fraction of sp³-hybridized carbons (Fsp3) is 0.273. The fourth-order valence-electron chi connectivity index (χ4n) is 2.37. The van der Waals surface area contributed by atoms with E-state index in [9.17, 15) is 10.1 Å². The summed E-state index contributed by atoms with van der Waals surface area (Å²) in [4.78, 5) is 12.6. The molecule has 0 spiro atoms. The number of ether oxygens (including phenoxy) is 3. The summed E-state index contributed by atoms with van der Waals surface area (Å²) in [5.41, 5.74) is 1.15. The van der Waals surface area contributed by atoms with E-state index < -0.39 is 0 Å². The highest BCUT2D eigenvalue weighted by atomic mass is 16.5. The van der Waals surface area contributed by atoms with Gasteiger partial charge in [0.05, 0.1) is 20.8 Å². The predicted octanol–water partition coefficient (Wildman–Crippen LogP) is 4.53. The molecule has 0 aromatic heterocycles. The number of ketones is 1. The molecule has 0 aliphatic heterocycles. The number of hydrogen-bond acceptors (Lipinski definition) is 5. The second-order valence-corrected chi connectivity index (χ2v) is 6.34. The molecule has 0 N–H and O–H groups in total. The van der Waals surface area contributed by atoms with Gasteiger partial charge in [0.25, 0.3) is 0 Å². The van der Waals surface area contributed by atoms with Crippen molar-refractivity contribution in [2.45, 2.75) is 13.8 Å². The van der Waals surface area contributed by atoms with Crippen LogP contribution in [0.5, 0.6) is 17.2 Å². The van der Waals surface area contributed by atoms with Crippen molar-refractivity contribution in [2.24, 2.45) is 5.92 Å². The van der Waals surface area contributed by atoms with Crippen LogP contribution in [0.3, 0.4) is 0 Å². The monoisotopic (exact) mass is 365 g/mol. The molecule has 140 valence electrons. The van der Waals surface area contributed by atoms with E-state index in [-0.39, 0.29) is 11.4 Å². The maximum atomic E-state index is 12.6. The second-order valence-electron chi connectivity index (χ2n) is 6.34. The Hall–Kier alpha value is -3.26. The van der Waals surface area contributed by atoms with E-state index in [1.807, 2.05) is 6.07 Å². The molecule has 0 amide bonds. The molecular formula is C22H23NO4. The molecule has 5 nitrogen and oxygen atoms in total. The number of Topliss-reactive ketones (excluding diaryl/α,β-unsaturated/α-hetero) is 1. The first kappa shape index (κ1) is 20.1. The van der Waals surface area contributed by atoms with Gasteiger partial charge in [-0.15, -0.1) is 0 Å². The third-order valence-corrected chi connectivity index (χ3v) is 3.79. The Morgan fingerprint density at radius 2 is 1.78 bits per heavy atom. The van der Waals surface area contributed by atoms with Crippen LogP contribution >= 0.6 is 0 Å². The highest BCUT2D eigenvalue weighted by molar-refractivity contribution is 6.14. The van der Waals surface area contributed by atoms with E-state index in [1.54, 1.807) is 62.8 Å². The number of methoxy groups -OCH3 is 2. The van der Waals surface area contributed by atoms with E-state index >= 15 is 0 Å². The first-order valence-corrected chi connectivity index (χ1v) is 8.59. The van der Waals surface area contributed by atoms with Crippen molar-refractivity contribution in [3.63, 3.8) is 0 Å². The highest BCUT2D eigenvalue weighted by Gasteiger charge is 2.13. The quantitative estimate of drug-likeness (QED) is 0.391. The zero-order valence-electron chi connectivity index (χ0n) is 16.0. The lowest BCUT2D eigenvalue weighted by Gasteiger charge is -2.13. The van der Waals surface area contributed by atoms with Crippen LogP contribution in [-0.4, -0.2) is 26.6 Å². The van der Waals surface area contributed by atoms with Gasteiger partial charge in [-0.2, -0.15) is 5.26 Å². The summed E-state index contributed by atoms with van der Waals surface area (Å²) in [6.07, 6.45) is 1.55. The maximum Gasteiger partial charge on any atom is 0.203 e. The maximum absolute atomic E-state index is 12.6. The minimum Gasteiger partial charge on any atom is -0.497 e. The molecule has 0 heterocycles. The normalized spacial score (nSPS) is 11.0. The van der Waals surface area contributed by atoms with Crippen LogP contribution in [0.2, 0.25) is 0 Å². The molecule has 0 fully saturated rings. The van der Waals surface area contributed by atoms with E-state index in [4.69, 9.17) is 14.2 Å². The van der Waals surface area contributed by atoms with Gasteiger partial charge in [-0.05, 0) is 54.0 Å². The van der Waals surface area contributed by atoms with E-state index in [0.29, 0.717) is 40.9 Å². The molecule has 0 atom stereocenters. The highest BCUT2D eigenvalue weighted by Crippen LogP contribution is 2.29. The number of hydrogen-bond donors (Lipinski definition) is 0. The molecule has 0 unspecified atom stereocenters. The molecule has 0 bridgehead atoms. The molecule has 0 aliphatic carbocycles. The lowest BCUT2D eigenvalue weighted by Crippen LogP contribution is -2.06. The predicted molar refractivity (Wildman–Crippen MR) is 104 cm³/mol. The van der Waals surface area contributed by atoms with Crippen LogP contribution in [0.4, 0.5) is 0 Å². The lowest BCUT2D eigenvalue weighted by molar-refractivity contribution is 0.104. The molecule has 0 aliphatic rings. The molecule has 2 aromatic carbocycles. The summed E-state index contributed by atoms with van der Waals surface area (Å²) >= 11 is 0. The second kappa shape index (κ2) is 9.44. The largest absolute Gasteiger partial charge is 0.497 e. The van der Waals surface area contributed by atoms with Crippen LogP contribution in [0.25, 0.3) is 6.08 Å². The average molecular weight is 365 g/mol. The molecule has 2 aromatic rings. The van der Waals surface area contributed by atoms with E-state index in [0.717, 1.165) is 0 Å². The number of allylic oxidation sites excluding steroid dienone is 1. The average Bonchev–Trinajstić information content (AvgIpc) is 2.70. The third-order valence-electron chi connectivity index (χ3n) is 3.79. The number of nitrogens with zero attached hydrogens (tertiary/aromatic N) is 1. The van der Waals surface area contributed by atoms with Gasteiger partial charge in [0.1, 0.15) is 17.4 Å². The van der Waals surface area contributed by atoms with Gasteiger partial charge in [0.15, 0.2) is 11.5 Å². The van der Waals surface area contributed by atoms with Gasteiger partial charge in [0, 0.05) is 5.56 Å². The smallest absolute Gasteiger partial charge is 0.203 e. The van der Waals surface area contributed by atoms with Gasteiger partial charge >= 0.3 is 0 Å². The first-order valence-electron chi connectivity index (χ1n) is 8.59. The topological polar surface area (TPSA) is 68.6 Å². The van der Waals surface area contributed by atoms with Crippen LogP contribution in [0.1, 0.15) is 29.8 Å². The Kier molecular flexibility index (Phi) is 7.01. The Morgan fingerprint density at radius 1 is 1.07 bits per heavy atom. The SMILES string of the molecule is COc1ccc(C(=O)/C(C#N)=C/c2ccc(OC)c(OCC(C)C)c2)cc1. The van der Waals surface area contributed by atoms with Gasteiger partial charge < -0.3 is 14.2 Å². The Bertz CT molecular complexity index is 861. The molecule has 0 saturated heterocycles. The number of rotatable bonds is 8. The van der Waals surface area contributed by atoms with Crippen molar-refractivity contribution in [2.75, 3.05) is 20.8 Å². The number of carbonyl (C=O) groups is 1. The minimum absolute atomic E-state index is 0.0418. The Labute approximate surface area is 159 Å². The summed E-state index contributed by atoms with van der Waals surface area (Å²) < 4.78 is 16.2. The van der Waals surface area contributed by atoms with Crippen molar-refractivity contribution in [3.8, 4) is 23.3 Å². The summed E-state index contributed by atoms with van der Waals surface area (Å²) in [6.45, 7) is 4.65. The third kappa shape index (κ3) is 5.35. The lowest BCUT2D eigenvalue weighted by atomic mass is 10.0. The minimum atomic E-state index is -0.347. The van der Waals surface area contributed by atoms with Crippen LogP contribution < -0.4 is 14.2 Å². The standard InChI is InChI=1S/C22H23NO4/c1-15(2)14-27-21-12-16(5-10-20(21)26-4)11-18(13-23)22(24)17-6-8-19(25-3)9-7-17/h5-12,15H,14H2,1-4H3/b18-11+. The molecule has 27 heavy (non-hydrogen) atoms. The zero-order chi connectivity index (χ0) is 19.8. The molecule has 0 radical (unpaired) electrons. The van der Waals surface area contributed by atoms with Crippen molar-refractivity contribution in [1.29, 1.82) is 5.26 Å². The summed E-state index contributed by atoms with van der Waals surface area (Å²) in [7, 11) is 3.13. The molecule has 0 saturated carbocycles. The molecular weight excluding hydrogens is 342 g/mol. The number of carbonyl (C=O) groups excluding carboxylic acids is 1. The fourth-order valence-corrected chi connectivity index (χ4v) is 2.37. The Morgan fingerprint density at radius 3 is 2.33 bits per heavy atom. The van der Waals surface area contributed by atoms with Crippen molar-refractivity contribution in [3.05, 3.63) is 59.2 Å². The van der Waals surface area contributed by atoms with Crippen molar-refractivity contribution in [1.82, 2.24) is 0 Å². The summed E-state index contributed by atoms with van der Waals surface area (Å²) in [5, 5.41) is 9.45. The van der Waals surface area contributed by atoms with Gasteiger partial charge in [-0.25, -0.2) is 0 Å². The van der Waals surface area contributed by atoms with Gasteiger partial charge in [-0.3, -0.25) is 4.79 Å². The van der Waals surface area contributed by atoms with Gasteiger partial charge in [-0.1, -0.05) is 19.9 Å².